The molecule has 17 heavy (non-hydrogen) atoms. The molecule has 0 amide bonds. The minimum absolute atomic E-state index is 0.0706. The summed E-state index contributed by atoms with van der Waals surface area (Å²) < 4.78 is 5.42. The molecule has 1 aromatic rings. The lowest BCUT2D eigenvalue weighted by molar-refractivity contribution is -0.0234. The lowest BCUT2D eigenvalue weighted by atomic mass is 9.93. The van der Waals surface area contributed by atoms with E-state index in [0.29, 0.717) is 6.54 Å². The molecule has 0 saturated carbocycles. The highest BCUT2D eigenvalue weighted by atomic mass is 16.5. The summed E-state index contributed by atoms with van der Waals surface area (Å²) in [5.74, 6) is 0. The van der Waals surface area contributed by atoms with E-state index in [4.69, 9.17) is 10.5 Å². The predicted octanol–water partition coefficient (Wildman–Crippen LogP) is 1.27. The van der Waals surface area contributed by atoms with E-state index in [9.17, 15) is 0 Å². The van der Waals surface area contributed by atoms with Crippen LogP contribution in [0.25, 0.3) is 0 Å². The highest BCUT2D eigenvalue weighted by molar-refractivity contribution is 5.05. The zero-order valence-electron chi connectivity index (χ0n) is 11.2. The Balaban J connectivity index is 2.77. The maximum atomic E-state index is 5.90. The summed E-state index contributed by atoms with van der Waals surface area (Å²) in [4.78, 5) is 6.53. The van der Waals surface area contributed by atoms with Gasteiger partial charge in [-0.25, -0.2) is 0 Å². The second-order valence-electron chi connectivity index (χ2n) is 4.62. The number of hydrogen-bond acceptors (Lipinski definition) is 4. The van der Waals surface area contributed by atoms with Gasteiger partial charge in [0.05, 0.1) is 17.3 Å². The molecular weight excluding hydrogens is 214 g/mol. The molecule has 0 spiro atoms. The fourth-order valence-electron chi connectivity index (χ4n) is 1.80. The minimum atomic E-state index is -0.188. The zero-order valence-corrected chi connectivity index (χ0v) is 11.2. The number of nitrogens with two attached hydrogens (primary N) is 1. The van der Waals surface area contributed by atoms with E-state index in [1.165, 1.54) is 0 Å². The highest BCUT2D eigenvalue weighted by Crippen LogP contribution is 2.20. The summed E-state index contributed by atoms with van der Waals surface area (Å²) in [5, 5.41) is 0. The Morgan fingerprint density at radius 3 is 2.71 bits per heavy atom. The molecule has 4 heteroatoms. The molecule has 2 N–H and O–H groups in total. The van der Waals surface area contributed by atoms with Crippen LogP contribution in [0.4, 0.5) is 0 Å². The van der Waals surface area contributed by atoms with Crippen LogP contribution in [-0.4, -0.2) is 42.2 Å². The van der Waals surface area contributed by atoms with E-state index in [1.807, 2.05) is 31.3 Å². The molecule has 1 rings (SSSR count). The van der Waals surface area contributed by atoms with Gasteiger partial charge >= 0.3 is 0 Å². The fraction of sp³-hybridized carbons (Fsp3) is 0.615. The molecule has 0 aliphatic rings. The van der Waals surface area contributed by atoms with Crippen LogP contribution >= 0.6 is 0 Å². The molecule has 1 aromatic heterocycles. The van der Waals surface area contributed by atoms with Crippen molar-refractivity contribution in [3.63, 3.8) is 0 Å². The molecule has 0 fully saturated rings. The van der Waals surface area contributed by atoms with Gasteiger partial charge in [0, 0.05) is 26.4 Å². The van der Waals surface area contributed by atoms with Crippen LogP contribution in [-0.2, 0) is 11.3 Å². The van der Waals surface area contributed by atoms with E-state index >= 15 is 0 Å². The first kappa shape index (κ1) is 14.1. The molecule has 0 radical (unpaired) electrons. The lowest BCUT2D eigenvalue weighted by Gasteiger charge is -2.41. The number of aromatic nitrogens is 1. The maximum absolute atomic E-state index is 5.90. The van der Waals surface area contributed by atoms with Crippen molar-refractivity contribution >= 4 is 0 Å². The van der Waals surface area contributed by atoms with Crippen molar-refractivity contribution in [3.05, 3.63) is 30.1 Å². The average Bonchev–Trinajstić information content (AvgIpc) is 2.37. The first-order chi connectivity index (χ1) is 8.04. The Morgan fingerprint density at radius 2 is 2.24 bits per heavy atom. The van der Waals surface area contributed by atoms with Crippen molar-refractivity contribution < 1.29 is 4.74 Å². The topological polar surface area (TPSA) is 51.4 Å². The monoisotopic (exact) mass is 237 g/mol. The minimum Gasteiger partial charge on any atom is -0.380 e. The van der Waals surface area contributed by atoms with Crippen LogP contribution in [0.5, 0.6) is 0 Å². The first-order valence-electron chi connectivity index (χ1n) is 5.88. The van der Waals surface area contributed by atoms with Gasteiger partial charge < -0.3 is 10.5 Å². The van der Waals surface area contributed by atoms with Crippen LogP contribution in [0.15, 0.2) is 24.4 Å². The number of ether oxygens (including phenoxy) is 1. The van der Waals surface area contributed by atoms with E-state index in [0.717, 1.165) is 12.2 Å². The number of hydrogen-bond donors (Lipinski definition) is 1. The summed E-state index contributed by atoms with van der Waals surface area (Å²) in [7, 11) is 3.77. The Hall–Kier alpha value is -0.970. The van der Waals surface area contributed by atoms with Gasteiger partial charge in [0.2, 0.25) is 0 Å². The third-order valence-corrected chi connectivity index (χ3v) is 3.64. The fourth-order valence-corrected chi connectivity index (χ4v) is 1.80. The van der Waals surface area contributed by atoms with Gasteiger partial charge in [-0.1, -0.05) is 6.07 Å². The van der Waals surface area contributed by atoms with Gasteiger partial charge in [0.1, 0.15) is 0 Å². The molecule has 2 atom stereocenters. The molecule has 1 heterocycles. The van der Waals surface area contributed by atoms with E-state index in [1.54, 1.807) is 7.11 Å². The first-order valence-corrected chi connectivity index (χ1v) is 5.88. The quantitative estimate of drug-likeness (QED) is 0.809. The Bertz CT molecular complexity index is 331. The van der Waals surface area contributed by atoms with Crippen LogP contribution in [0.2, 0.25) is 0 Å². The summed E-state index contributed by atoms with van der Waals surface area (Å²) in [5.41, 5.74) is 6.75. The smallest absolute Gasteiger partial charge is 0.0736 e. The third kappa shape index (κ3) is 3.25. The van der Waals surface area contributed by atoms with Crippen molar-refractivity contribution in [1.82, 2.24) is 9.88 Å². The number of methoxy groups -OCH3 is 1. The zero-order chi connectivity index (χ0) is 12.9. The molecule has 0 aliphatic carbocycles. The van der Waals surface area contributed by atoms with Crippen molar-refractivity contribution in [2.24, 2.45) is 5.73 Å². The summed E-state index contributed by atoms with van der Waals surface area (Å²) in [6.45, 7) is 5.47. The van der Waals surface area contributed by atoms with Crippen LogP contribution in [0.3, 0.4) is 0 Å². The van der Waals surface area contributed by atoms with E-state index in [-0.39, 0.29) is 11.6 Å². The van der Waals surface area contributed by atoms with Gasteiger partial charge in [-0.05, 0) is 33.0 Å². The summed E-state index contributed by atoms with van der Waals surface area (Å²) in [6.07, 6.45) is 1.88. The molecule has 0 saturated heterocycles. The molecule has 0 aromatic carbocycles. The van der Waals surface area contributed by atoms with Crippen LogP contribution < -0.4 is 5.73 Å². The van der Waals surface area contributed by atoms with Gasteiger partial charge in [-0.2, -0.15) is 0 Å². The molecule has 2 unspecified atom stereocenters. The van der Waals surface area contributed by atoms with E-state index in [2.05, 4.69) is 23.9 Å². The van der Waals surface area contributed by atoms with Gasteiger partial charge in [0.25, 0.3) is 0 Å². The second-order valence-corrected chi connectivity index (χ2v) is 4.62. The Kier molecular flexibility index (Phi) is 5.05. The lowest BCUT2D eigenvalue weighted by Crippen LogP contribution is -2.57. The van der Waals surface area contributed by atoms with Crippen LogP contribution in [0.1, 0.15) is 19.5 Å². The third-order valence-electron chi connectivity index (χ3n) is 3.64. The predicted molar refractivity (Wildman–Crippen MR) is 69.6 cm³/mol. The average molecular weight is 237 g/mol. The normalized spacial score (nSPS) is 16.8. The summed E-state index contributed by atoms with van der Waals surface area (Å²) in [6, 6.07) is 5.93. The van der Waals surface area contributed by atoms with Crippen LogP contribution in [0, 0.1) is 0 Å². The number of nitrogens with zero attached hydrogens (tertiary/aromatic N) is 2. The van der Waals surface area contributed by atoms with Crippen molar-refractivity contribution in [3.8, 4) is 0 Å². The molecule has 0 bridgehead atoms. The molecule has 0 aliphatic heterocycles. The number of pyridine rings is 1. The molecule has 96 valence electrons. The Morgan fingerprint density at radius 1 is 1.53 bits per heavy atom. The maximum Gasteiger partial charge on any atom is 0.0736 e. The summed E-state index contributed by atoms with van der Waals surface area (Å²) >= 11 is 0. The standard InChI is InChI=1S/C13H23N3O/c1-11(17-4)13(2,10-14)16(3)9-12-7-5-6-8-15-12/h5-8,11H,9-10,14H2,1-4H3. The Labute approximate surface area is 104 Å². The second kappa shape index (κ2) is 6.10. The van der Waals surface area contributed by atoms with Crippen molar-refractivity contribution in [2.45, 2.75) is 32.0 Å². The SMILES string of the molecule is COC(C)C(C)(CN)N(C)Cc1ccccn1. The van der Waals surface area contributed by atoms with E-state index < -0.39 is 0 Å². The molecule has 4 nitrogen and oxygen atoms in total. The molecular formula is C13H23N3O. The van der Waals surface area contributed by atoms with Crippen molar-refractivity contribution in [1.29, 1.82) is 0 Å². The largest absolute Gasteiger partial charge is 0.380 e. The van der Waals surface area contributed by atoms with Gasteiger partial charge in [-0.3, -0.25) is 9.88 Å². The highest BCUT2D eigenvalue weighted by Gasteiger charge is 2.34. The van der Waals surface area contributed by atoms with Gasteiger partial charge in [-0.15, -0.1) is 0 Å². The van der Waals surface area contributed by atoms with Gasteiger partial charge in [0.15, 0.2) is 0 Å². The van der Waals surface area contributed by atoms with Crippen molar-refractivity contribution in [2.75, 3.05) is 20.7 Å². The number of likely N-dealkylation sites (N-methyl/N-ethyl adjacent to an activating group) is 1. The number of rotatable bonds is 6.